The van der Waals surface area contributed by atoms with Gasteiger partial charge in [0.15, 0.2) is 21.8 Å². The number of hydrogen-bond donors (Lipinski definition) is 1. The maximum Gasteiger partial charge on any atom is 0.197 e. The minimum atomic E-state index is -0.163. The summed E-state index contributed by atoms with van der Waals surface area (Å²) in [6.45, 7) is 1.47. The molecule has 1 aromatic heterocycles. The van der Waals surface area contributed by atoms with Crippen molar-refractivity contribution in [3.63, 3.8) is 0 Å². The fraction of sp³-hybridized carbons (Fsp3) is 0.158. The Morgan fingerprint density at radius 1 is 1.14 bits per heavy atom. The van der Waals surface area contributed by atoms with E-state index in [-0.39, 0.29) is 5.78 Å². The highest BCUT2D eigenvalue weighted by Crippen LogP contribution is 2.25. The summed E-state index contributed by atoms with van der Waals surface area (Å²) in [5, 5.41) is 13.5. The second-order valence-corrected chi connectivity index (χ2v) is 7.66. The molecule has 0 spiro atoms. The molecule has 0 saturated heterocycles. The highest BCUT2D eigenvalue weighted by molar-refractivity contribution is 9.10. The number of carbonyl (C=O) groups is 1. The summed E-state index contributed by atoms with van der Waals surface area (Å²) in [5.41, 5.74) is 4.58. The average molecular weight is 460 g/mol. The van der Waals surface area contributed by atoms with Crippen LogP contribution in [0.5, 0.6) is 5.75 Å². The normalized spacial score (nSPS) is 11.4. The van der Waals surface area contributed by atoms with Crippen LogP contribution in [0.3, 0.4) is 0 Å². The largest absolute Gasteiger partial charge is 0.497 e. The summed E-state index contributed by atoms with van der Waals surface area (Å²) in [5.74, 6) is 1.29. The molecule has 0 amide bonds. The van der Waals surface area contributed by atoms with Gasteiger partial charge in [0.05, 0.1) is 12.8 Å². The zero-order chi connectivity index (χ0) is 20.1. The van der Waals surface area contributed by atoms with Crippen LogP contribution in [0.15, 0.2) is 63.3 Å². The van der Waals surface area contributed by atoms with Crippen molar-refractivity contribution < 1.29 is 9.53 Å². The van der Waals surface area contributed by atoms with Gasteiger partial charge in [-0.05, 0) is 60.3 Å². The molecule has 1 heterocycles. The Labute approximate surface area is 175 Å². The molecule has 28 heavy (non-hydrogen) atoms. The summed E-state index contributed by atoms with van der Waals surface area (Å²) in [7, 11) is 3.47. The Kier molecular flexibility index (Phi) is 6.48. The van der Waals surface area contributed by atoms with Crippen LogP contribution in [-0.4, -0.2) is 32.7 Å². The van der Waals surface area contributed by atoms with Crippen molar-refractivity contribution in [2.75, 3.05) is 12.5 Å². The number of aromatic nitrogens is 3. The van der Waals surface area contributed by atoms with Gasteiger partial charge in [-0.25, -0.2) is 0 Å². The molecule has 3 aromatic rings. The SMILES string of the molecule is COc1ccc(-c2nnc(S/C(=N\Nc3ccc(Br)cc3)C(C)=O)n2C)cc1. The molecule has 0 aliphatic carbocycles. The van der Waals surface area contributed by atoms with Crippen LogP contribution >= 0.6 is 27.7 Å². The van der Waals surface area contributed by atoms with E-state index in [1.165, 1.54) is 6.92 Å². The zero-order valence-electron chi connectivity index (χ0n) is 15.5. The van der Waals surface area contributed by atoms with Crippen LogP contribution in [0, 0.1) is 0 Å². The van der Waals surface area contributed by atoms with Gasteiger partial charge in [0.2, 0.25) is 0 Å². The molecule has 0 saturated carbocycles. The molecule has 0 bridgehead atoms. The lowest BCUT2D eigenvalue weighted by Gasteiger charge is -2.06. The molecule has 7 nitrogen and oxygen atoms in total. The molecule has 0 fully saturated rings. The van der Waals surface area contributed by atoms with Gasteiger partial charge in [0.1, 0.15) is 5.75 Å². The molecule has 0 radical (unpaired) electrons. The Balaban J connectivity index is 1.79. The van der Waals surface area contributed by atoms with Crippen molar-refractivity contribution >= 4 is 44.2 Å². The minimum absolute atomic E-state index is 0.163. The third-order valence-electron chi connectivity index (χ3n) is 3.80. The third kappa shape index (κ3) is 4.79. The predicted octanol–water partition coefficient (Wildman–Crippen LogP) is 4.36. The van der Waals surface area contributed by atoms with E-state index in [1.54, 1.807) is 7.11 Å². The number of benzene rings is 2. The molecular weight excluding hydrogens is 442 g/mol. The number of hydrogen-bond acceptors (Lipinski definition) is 7. The maximum atomic E-state index is 12.0. The Bertz CT molecular complexity index is 1000. The van der Waals surface area contributed by atoms with E-state index in [0.29, 0.717) is 16.0 Å². The lowest BCUT2D eigenvalue weighted by atomic mass is 10.2. The first kappa shape index (κ1) is 20.1. The van der Waals surface area contributed by atoms with Gasteiger partial charge in [-0.3, -0.25) is 10.2 Å². The Morgan fingerprint density at radius 2 is 1.82 bits per heavy atom. The van der Waals surface area contributed by atoms with Gasteiger partial charge in [0, 0.05) is 24.0 Å². The van der Waals surface area contributed by atoms with E-state index >= 15 is 0 Å². The monoisotopic (exact) mass is 459 g/mol. The molecule has 0 aliphatic rings. The first-order chi connectivity index (χ1) is 13.5. The third-order valence-corrected chi connectivity index (χ3v) is 5.44. The summed E-state index contributed by atoms with van der Waals surface area (Å²) in [6.07, 6.45) is 0. The molecular formula is C19H18BrN5O2S. The summed E-state index contributed by atoms with van der Waals surface area (Å²) in [4.78, 5) is 12.0. The van der Waals surface area contributed by atoms with E-state index in [1.807, 2.05) is 60.1 Å². The van der Waals surface area contributed by atoms with Gasteiger partial charge >= 0.3 is 0 Å². The molecule has 0 aliphatic heterocycles. The maximum absolute atomic E-state index is 12.0. The van der Waals surface area contributed by atoms with Gasteiger partial charge < -0.3 is 9.30 Å². The number of carbonyl (C=O) groups excluding carboxylic acids is 1. The number of anilines is 1. The number of halogens is 1. The van der Waals surface area contributed by atoms with Crippen molar-refractivity contribution in [1.29, 1.82) is 0 Å². The molecule has 9 heteroatoms. The van der Waals surface area contributed by atoms with Gasteiger partial charge in [-0.15, -0.1) is 10.2 Å². The zero-order valence-corrected chi connectivity index (χ0v) is 17.9. The number of rotatable bonds is 6. The lowest BCUT2D eigenvalue weighted by Crippen LogP contribution is -2.09. The van der Waals surface area contributed by atoms with Crippen molar-refractivity contribution in [3.8, 4) is 17.1 Å². The van der Waals surface area contributed by atoms with Crippen LogP contribution in [0.1, 0.15) is 6.92 Å². The number of nitrogens with one attached hydrogen (secondary N) is 1. The second kappa shape index (κ2) is 9.03. The van der Waals surface area contributed by atoms with Crippen molar-refractivity contribution in [2.24, 2.45) is 12.1 Å². The number of ketones is 1. The van der Waals surface area contributed by atoms with Gasteiger partial charge in [-0.2, -0.15) is 5.10 Å². The van der Waals surface area contributed by atoms with Crippen molar-refractivity contribution in [2.45, 2.75) is 12.1 Å². The molecule has 1 N–H and O–H groups in total. The summed E-state index contributed by atoms with van der Waals surface area (Å²) >= 11 is 4.55. The van der Waals surface area contributed by atoms with Crippen LogP contribution in [0.2, 0.25) is 0 Å². The lowest BCUT2D eigenvalue weighted by molar-refractivity contribution is -0.110. The number of thioether (sulfide) groups is 1. The van der Waals surface area contributed by atoms with Crippen LogP contribution in [-0.2, 0) is 11.8 Å². The topological polar surface area (TPSA) is 81.4 Å². The number of Topliss-reactive ketones (excluding diaryl/α,β-unsaturated/α-hetero) is 1. The summed E-state index contributed by atoms with van der Waals surface area (Å²) in [6, 6.07) is 15.0. The molecule has 3 rings (SSSR count). The number of ether oxygens (including phenoxy) is 1. The van der Waals surface area contributed by atoms with E-state index in [2.05, 4.69) is 36.7 Å². The van der Waals surface area contributed by atoms with Crippen molar-refractivity contribution in [3.05, 3.63) is 53.0 Å². The van der Waals surface area contributed by atoms with Gasteiger partial charge in [0.25, 0.3) is 0 Å². The molecule has 144 valence electrons. The Morgan fingerprint density at radius 3 is 2.43 bits per heavy atom. The summed E-state index contributed by atoms with van der Waals surface area (Å²) < 4.78 is 7.97. The second-order valence-electron chi connectivity index (χ2n) is 5.79. The van der Waals surface area contributed by atoms with Crippen LogP contribution in [0.25, 0.3) is 11.4 Å². The quantitative estimate of drug-likeness (QED) is 0.255. The number of hydrazone groups is 1. The first-order valence-electron chi connectivity index (χ1n) is 8.30. The molecule has 0 atom stereocenters. The number of methoxy groups -OCH3 is 1. The fourth-order valence-corrected chi connectivity index (χ4v) is 3.27. The van der Waals surface area contributed by atoms with E-state index in [9.17, 15) is 4.79 Å². The highest BCUT2D eigenvalue weighted by Gasteiger charge is 2.16. The van der Waals surface area contributed by atoms with E-state index < -0.39 is 0 Å². The van der Waals surface area contributed by atoms with Gasteiger partial charge in [-0.1, -0.05) is 15.9 Å². The highest BCUT2D eigenvalue weighted by atomic mass is 79.9. The smallest absolute Gasteiger partial charge is 0.197 e. The number of nitrogens with zero attached hydrogens (tertiary/aromatic N) is 4. The fourth-order valence-electron chi connectivity index (χ4n) is 2.29. The van der Waals surface area contributed by atoms with E-state index in [4.69, 9.17) is 4.74 Å². The van der Waals surface area contributed by atoms with Crippen molar-refractivity contribution in [1.82, 2.24) is 14.8 Å². The predicted molar refractivity (Wildman–Crippen MR) is 115 cm³/mol. The Hall–Kier alpha value is -2.65. The average Bonchev–Trinajstić information content (AvgIpc) is 3.06. The molecule has 2 aromatic carbocycles. The first-order valence-corrected chi connectivity index (χ1v) is 9.90. The standard InChI is InChI=1S/C19H18BrN5O2S/c1-12(26)18(23-21-15-8-6-14(20)7-9-15)28-19-24-22-17(25(19)2)13-4-10-16(27-3)11-5-13/h4-11,21H,1-3H3/b23-18-. The minimum Gasteiger partial charge on any atom is -0.497 e. The van der Waals surface area contributed by atoms with E-state index in [0.717, 1.165) is 33.2 Å². The van der Waals surface area contributed by atoms with Crippen LogP contribution in [0.4, 0.5) is 5.69 Å². The molecule has 0 unspecified atom stereocenters. The van der Waals surface area contributed by atoms with Crippen LogP contribution < -0.4 is 10.2 Å².